The van der Waals surface area contributed by atoms with Crippen molar-refractivity contribution >= 4 is 51.9 Å². The Balaban J connectivity index is 0.00000484. The second-order valence-corrected chi connectivity index (χ2v) is 6.56. The Morgan fingerprint density at radius 2 is 2.04 bits per heavy atom. The van der Waals surface area contributed by atoms with Crippen LogP contribution in [0.2, 0.25) is 0 Å². The SMILES string of the molecule is CSCCC(NC(=O)c1ccccc1Br)C(=O)NCCCN.Cl. The molecule has 130 valence electrons. The highest BCUT2D eigenvalue weighted by molar-refractivity contribution is 9.10. The topological polar surface area (TPSA) is 84.2 Å². The van der Waals surface area contributed by atoms with Crippen molar-refractivity contribution in [3.8, 4) is 0 Å². The molecule has 0 heterocycles. The molecule has 8 heteroatoms. The predicted molar refractivity (Wildman–Crippen MR) is 102 cm³/mol. The molecule has 2 amide bonds. The van der Waals surface area contributed by atoms with Crippen molar-refractivity contribution in [3.63, 3.8) is 0 Å². The number of nitrogens with one attached hydrogen (secondary N) is 2. The van der Waals surface area contributed by atoms with Crippen LogP contribution in [0.1, 0.15) is 23.2 Å². The number of thioether (sulfide) groups is 1. The van der Waals surface area contributed by atoms with Gasteiger partial charge in [-0.05, 0) is 59.5 Å². The molecule has 0 saturated heterocycles. The number of rotatable bonds is 9. The van der Waals surface area contributed by atoms with Crippen LogP contribution in [0.5, 0.6) is 0 Å². The summed E-state index contributed by atoms with van der Waals surface area (Å²) in [5.41, 5.74) is 5.93. The number of carbonyl (C=O) groups is 2. The number of nitrogens with two attached hydrogens (primary N) is 1. The van der Waals surface area contributed by atoms with Gasteiger partial charge in [0, 0.05) is 11.0 Å². The quantitative estimate of drug-likeness (QED) is 0.531. The predicted octanol–water partition coefficient (Wildman–Crippen LogP) is 2.19. The molecular formula is C15H23BrClN3O2S. The number of hydrogen-bond donors (Lipinski definition) is 3. The smallest absolute Gasteiger partial charge is 0.253 e. The summed E-state index contributed by atoms with van der Waals surface area (Å²) in [5, 5.41) is 5.62. The standard InChI is InChI=1S/C15H22BrN3O2S.ClH/c1-22-10-7-13(15(21)18-9-4-8-17)19-14(20)11-5-2-3-6-12(11)16;/h2-3,5-6,13H,4,7-10,17H2,1H3,(H,18,21)(H,19,20);1H. The Labute approximate surface area is 156 Å². The van der Waals surface area contributed by atoms with Gasteiger partial charge in [0.15, 0.2) is 0 Å². The largest absolute Gasteiger partial charge is 0.354 e. The van der Waals surface area contributed by atoms with Gasteiger partial charge in [-0.15, -0.1) is 12.4 Å². The molecule has 4 N–H and O–H groups in total. The normalized spacial score (nSPS) is 11.3. The first-order valence-electron chi connectivity index (χ1n) is 7.12. The van der Waals surface area contributed by atoms with Crippen molar-refractivity contribution in [2.75, 3.05) is 25.1 Å². The number of hydrogen-bond acceptors (Lipinski definition) is 4. The lowest BCUT2D eigenvalue weighted by atomic mass is 10.1. The fraction of sp³-hybridized carbons (Fsp3) is 0.467. The Morgan fingerprint density at radius 3 is 2.65 bits per heavy atom. The highest BCUT2D eigenvalue weighted by atomic mass is 79.9. The lowest BCUT2D eigenvalue weighted by Crippen LogP contribution is -2.47. The summed E-state index contributed by atoms with van der Waals surface area (Å²) in [6.07, 6.45) is 3.28. The molecule has 5 nitrogen and oxygen atoms in total. The summed E-state index contributed by atoms with van der Waals surface area (Å²) < 4.78 is 0.708. The van der Waals surface area contributed by atoms with E-state index in [0.717, 1.165) is 12.2 Å². The summed E-state index contributed by atoms with van der Waals surface area (Å²) in [6.45, 7) is 1.05. The zero-order valence-electron chi connectivity index (χ0n) is 13.0. The lowest BCUT2D eigenvalue weighted by Gasteiger charge is -2.18. The minimum atomic E-state index is -0.537. The molecule has 0 aliphatic carbocycles. The molecule has 1 atom stereocenters. The lowest BCUT2D eigenvalue weighted by molar-refractivity contribution is -0.123. The fourth-order valence-corrected chi connectivity index (χ4v) is 2.76. The van der Waals surface area contributed by atoms with Crippen LogP contribution in [0.25, 0.3) is 0 Å². The van der Waals surface area contributed by atoms with Crippen molar-refractivity contribution in [3.05, 3.63) is 34.3 Å². The number of carbonyl (C=O) groups excluding carboxylic acids is 2. The maximum atomic E-state index is 12.3. The number of benzene rings is 1. The van der Waals surface area contributed by atoms with Crippen molar-refractivity contribution in [1.82, 2.24) is 10.6 Å². The van der Waals surface area contributed by atoms with Crippen LogP contribution < -0.4 is 16.4 Å². The van der Waals surface area contributed by atoms with Crippen LogP contribution in [0.3, 0.4) is 0 Å². The highest BCUT2D eigenvalue weighted by Crippen LogP contribution is 2.16. The van der Waals surface area contributed by atoms with Crippen LogP contribution in [0.15, 0.2) is 28.7 Å². The third-order valence-corrected chi connectivity index (χ3v) is 4.37. The molecule has 0 saturated carbocycles. The monoisotopic (exact) mass is 423 g/mol. The van der Waals surface area contributed by atoms with E-state index in [-0.39, 0.29) is 24.2 Å². The summed E-state index contributed by atoms with van der Waals surface area (Å²) in [5.74, 6) is 0.376. The van der Waals surface area contributed by atoms with Crippen molar-refractivity contribution in [2.45, 2.75) is 18.9 Å². The van der Waals surface area contributed by atoms with Crippen LogP contribution in [-0.2, 0) is 4.79 Å². The van der Waals surface area contributed by atoms with Gasteiger partial charge in [0.2, 0.25) is 5.91 Å². The minimum absolute atomic E-state index is 0. The average molecular weight is 425 g/mol. The molecule has 1 aromatic carbocycles. The van der Waals surface area contributed by atoms with Crippen molar-refractivity contribution in [1.29, 1.82) is 0 Å². The third-order valence-electron chi connectivity index (χ3n) is 3.03. The maximum Gasteiger partial charge on any atom is 0.253 e. The Bertz CT molecular complexity index is 505. The molecule has 1 aromatic rings. The summed E-state index contributed by atoms with van der Waals surface area (Å²) in [7, 11) is 0. The average Bonchev–Trinajstić information content (AvgIpc) is 2.51. The van der Waals surface area contributed by atoms with Gasteiger partial charge in [-0.3, -0.25) is 9.59 Å². The van der Waals surface area contributed by atoms with Gasteiger partial charge in [-0.25, -0.2) is 0 Å². The molecule has 0 aromatic heterocycles. The van der Waals surface area contributed by atoms with E-state index >= 15 is 0 Å². The Morgan fingerprint density at radius 1 is 1.35 bits per heavy atom. The van der Waals surface area contributed by atoms with E-state index in [1.807, 2.05) is 12.3 Å². The van der Waals surface area contributed by atoms with E-state index in [1.165, 1.54) is 0 Å². The molecule has 0 aliphatic rings. The van der Waals surface area contributed by atoms with E-state index in [9.17, 15) is 9.59 Å². The van der Waals surface area contributed by atoms with Gasteiger partial charge in [-0.1, -0.05) is 12.1 Å². The van der Waals surface area contributed by atoms with Crippen LogP contribution >= 0.6 is 40.1 Å². The summed E-state index contributed by atoms with van der Waals surface area (Å²) in [6, 6.07) is 6.61. The first-order valence-corrected chi connectivity index (χ1v) is 9.31. The Kier molecular flexibility index (Phi) is 12.2. The van der Waals surface area contributed by atoms with Gasteiger partial charge < -0.3 is 16.4 Å². The first-order chi connectivity index (χ1) is 10.6. The van der Waals surface area contributed by atoms with Crippen LogP contribution in [0.4, 0.5) is 0 Å². The molecule has 0 bridgehead atoms. The zero-order valence-corrected chi connectivity index (χ0v) is 16.2. The molecule has 0 spiro atoms. The Hall–Kier alpha value is -0.760. The molecule has 0 aliphatic heterocycles. The fourth-order valence-electron chi connectivity index (χ4n) is 1.82. The highest BCUT2D eigenvalue weighted by Gasteiger charge is 2.21. The van der Waals surface area contributed by atoms with Gasteiger partial charge in [-0.2, -0.15) is 11.8 Å². The van der Waals surface area contributed by atoms with E-state index in [4.69, 9.17) is 5.73 Å². The number of halogens is 2. The molecule has 1 rings (SSSR count). The molecule has 0 fully saturated rings. The zero-order chi connectivity index (χ0) is 16.4. The molecular weight excluding hydrogens is 402 g/mol. The second-order valence-electron chi connectivity index (χ2n) is 4.72. The van der Waals surface area contributed by atoms with Crippen LogP contribution in [0, 0.1) is 0 Å². The van der Waals surface area contributed by atoms with Crippen molar-refractivity contribution in [2.24, 2.45) is 5.73 Å². The van der Waals surface area contributed by atoms with E-state index < -0.39 is 6.04 Å². The van der Waals surface area contributed by atoms with Crippen molar-refractivity contribution < 1.29 is 9.59 Å². The van der Waals surface area contributed by atoms with E-state index in [0.29, 0.717) is 29.5 Å². The van der Waals surface area contributed by atoms with Gasteiger partial charge in [0.05, 0.1) is 5.56 Å². The second kappa shape index (κ2) is 12.6. The van der Waals surface area contributed by atoms with Gasteiger partial charge in [0.1, 0.15) is 6.04 Å². The molecule has 0 radical (unpaired) electrons. The van der Waals surface area contributed by atoms with Crippen LogP contribution in [-0.4, -0.2) is 43.0 Å². The first kappa shape index (κ1) is 22.2. The van der Waals surface area contributed by atoms with Gasteiger partial charge >= 0.3 is 0 Å². The maximum absolute atomic E-state index is 12.3. The minimum Gasteiger partial charge on any atom is -0.354 e. The summed E-state index contributed by atoms with van der Waals surface area (Å²) in [4.78, 5) is 24.5. The van der Waals surface area contributed by atoms with Gasteiger partial charge in [0.25, 0.3) is 5.91 Å². The van der Waals surface area contributed by atoms with E-state index in [2.05, 4.69) is 26.6 Å². The third kappa shape index (κ3) is 8.06. The van der Waals surface area contributed by atoms with E-state index in [1.54, 1.807) is 30.0 Å². The molecule has 1 unspecified atom stereocenters. The molecule has 23 heavy (non-hydrogen) atoms. The summed E-state index contributed by atoms with van der Waals surface area (Å²) >= 11 is 4.99. The number of amides is 2.